The third-order valence-corrected chi connectivity index (χ3v) is 2.30. The summed E-state index contributed by atoms with van der Waals surface area (Å²) in [5.74, 6) is 1.12. The molecule has 0 N–H and O–H groups in total. The Labute approximate surface area is 90.3 Å². The number of halogens is 1. The van der Waals surface area contributed by atoms with Crippen LogP contribution < -0.4 is 4.74 Å². The van der Waals surface area contributed by atoms with Crippen LogP contribution in [0.1, 0.15) is 25.3 Å². The van der Waals surface area contributed by atoms with E-state index < -0.39 is 0 Å². The van der Waals surface area contributed by atoms with Crippen molar-refractivity contribution >= 4 is 11.6 Å². The first-order valence-electron chi connectivity index (χ1n) is 4.73. The molecule has 1 aromatic carbocycles. The van der Waals surface area contributed by atoms with E-state index in [1.807, 2.05) is 31.2 Å². The minimum Gasteiger partial charge on any atom is -0.494 e. The van der Waals surface area contributed by atoms with E-state index in [-0.39, 0.29) is 0 Å². The molecule has 0 aliphatic carbocycles. The maximum atomic E-state index is 5.97. The highest BCUT2D eigenvalue weighted by Crippen LogP contribution is 2.26. The van der Waals surface area contributed by atoms with E-state index in [0.717, 1.165) is 11.3 Å². The van der Waals surface area contributed by atoms with Crippen LogP contribution >= 0.6 is 11.6 Å². The molecule has 0 aliphatic heterocycles. The summed E-state index contributed by atoms with van der Waals surface area (Å²) >= 11 is 5.97. The number of hydrogen-bond donors (Lipinski definition) is 0. The quantitative estimate of drug-likeness (QED) is 0.682. The molecule has 0 fully saturated rings. The SMILES string of the molecule is C=CC(C)c1cc(Cl)cc(OCC)c1. The minimum absolute atomic E-state index is 0.299. The van der Waals surface area contributed by atoms with Crippen molar-refractivity contribution in [2.45, 2.75) is 19.8 Å². The Balaban J connectivity index is 3.00. The highest BCUT2D eigenvalue weighted by atomic mass is 35.5. The van der Waals surface area contributed by atoms with Crippen molar-refractivity contribution in [1.29, 1.82) is 0 Å². The Kier molecular flexibility index (Phi) is 4.02. The molecule has 0 heterocycles. The highest BCUT2D eigenvalue weighted by molar-refractivity contribution is 6.30. The third-order valence-electron chi connectivity index (χ3n) is 2.08. The van der Waals surface area contributed by atoms with Crippen molar-refractivity contribution < 1.29 is 4.74 Å². The van der Waals surface area contributed by atoms with Gasteiger partial charge in [0.25, 0.3) is 0 Å². The van der Waals surface area contributed by atoms with E-state index in [4.69, 9.17) is 16.3 Å². The van der Waals surface area contributed by atoms with E-state index in [9.17, 15) is 0 Å². The van der Waals surface area contributed by atoms with Gasteiger partial charge in [0.05, 0.1) is 6.61 Å². The molecule has 0 bridgehead atoms. The summed E-state index contributed by atoms with van der Waals surface area (Å²) in [6.45, 7) is 8.45. The van der Waals surface area contributed by atoms with Crippen molar-refractivity contribution in [3.8, 4) is 5.75 Å². The molecule has 76 valence electrons. The topological polar surface area (TPSA) is 9.23 Å². The summed E-state index contributed by atoms with van der Waals surface area (Å²) in [5, 5.41) is 0.708. The van der Waals surface area contributed by atoms with Gasteiger partial charge in [0.1, 0.15) is 5.75 Å². The van der Waals surface area contributed by atoms with Crippen LogP contribution in [0.25, 0.3) is 0 Å². The number of hydrogen-bond acceptors (Lipinski definition) is 1. The highest BCUT2D eigenvalue weighted by Gasteiger charge is 2.04. The zero-order chi connectivity index (χ0) is 10.6. The smallest absolute Gasteiger partial charge is 0.121 e. The fourth-order valence-corrected chi connectivity index (χ4v) is 1.47. The summed E-state index contributed by atoms with van der Waals surface area (Å²) in [6, 6.07) is 5.77. The van der Waals surface area contributed by atoms with Gasteiger partial charge in [-0.05, 0) is 36.6 Å². The van der Waals surface area contributed by atoms with E-state index in [0.29, 0.717) is 17.5 Å². The molecular formula is C12H15ClO. The molecule has 1 atom stereocenters. The molecule has 0 aliphatic rings. The van der Waals surface area contributed by atoms with E-state index >= 15 is 0 Å². The van der Waals surface area contributed by atoms with Gasteiger partial charge in [-0.25, -0.2) is 0 Å². The Morgan fingerprint density at radius 2 is 2.21 bits per heavy atom. The van der Waals surface area contributed by atoms with Crippen molar-refractivity contribution in [3.63, 3.8) is 0 Å². The average Bonchev–Trinajstić information content (AvgIpc) is 2.16. The second-order valence-electron chi connectivity index (χ2n) is 3.18. The fraction of sp³-hybridized carbons (Fsp3) is 0.333. The summed E-state index contributed by atoms with van der Waals surface area (Å²) in [5.41, 5.74) is 1.14. The van der Waals surface area contributed by atoms with Crippen LogP contribution in [0, 0.1) is 0 Å². The van der Waals surface area contributed by atoms with Gasteiger partial charge >= 0.3 is 0 Å². The Hall–Kier alpha value is -0.950. The maximum Gasteiger partial charge on any atom is 0.121 e. The maximum absolute atomic E-state index is 5.97. The van der Waals surface area contributed by atoms with E-state index in [1.165, 1.54) is 0 Å². The van der Waals surface area contributed by atoms with E-state index in [2.05, 4.69) is 13.5 Å². The summed E-state index contributed by atoms with van der Waals surface area (Å²) in [4.78, 5) is 0. The predicted molar refractivity (Wildman–Crippen MR) is 61.2 cm³/mol. The van der Waals surface area contributed by atoms with Crippen LogP contribution in [0.4, 0.5) is 0 Å². The molecule has 1 aromatic rings. The second-order valence-corrected chi connectivity index (χ2v) is 3.61. The number of rotatable bonds is 4. The number of benzene rings is 1. The number of ether oxygens (including phenoxy) is 1. The zero-order valence-electron chi connectivity index (χ0n) is 8.59. The van der Waals surface area contributed by atoms with Crippen LogP contribution in [0.5, 0.6) is 5.75 Å². The van der Waals surface area contributed by atoms with Crippen molar-refractivity contribution in [3.05, 3.63) is 41.4 Å². The molecule has 2 heteroatoms. The molecule has 0 saturated heterocycles. The lowest BCUT2D eigenvalue weighted by atomic mass is 10.0. The standard InChI is InChI=1S/C12H15ClO/c1-4-9(3)10-6-11(13)8-12(7-10)14-5-2/h4,6-9H,1,5H2,2-3H3. The molecule has 1 unspecified atom stereocenters. The second kappa shape index (κ2) is 5.06. The normalized spacial score (nSPS) is 12.2. The molecule has 0 saturated carbocycles. The van der Waals surface area contributed by atoms with Crippen LogP contribution in [-0.2, 0) is 0 Å². The van der Waals surface area contributed by atoms with E-state index in [1.54, 1.807) is 0 Å². The Morgan fingerprint density at radius 3 is 2.79 bits per heavy atom. The number of allylic oxidation sites excluding steroid dienone is 1. The lowest BCUT2D eigenvalue weighted by molar-refractivity contribution is 0.340. The predicted octanol–water partition coefficient (Wildman–Crippen LogP) is 4.03. The minimum atomic E-state index is 0.299. The third kappa shape index (κ3) is 2.78. The lowest BCUT2D eigenvalue weighted by Crippen LogP contribution is -1.94. The van der Waals surface area contributed by atoms with Crippen molar-refractivity contribution in [2.75, 3.05) is 6.61 Å². The fourth-order valence-electron chi connectivity index (χ4n) is 1.23. The van der Waals surface area contributed by atoms with Gasteiger partial charge in [-0.2, -0.15) is 0 Å². The summed E-state index contributed by atoms with van der Waals surface area (Å²) in [6.07, 6.45) is 1.89. The van der Waals surface area contributed by atoms with Gasteiger partial charge in [-0.15, -0.1) is 6.58 Å². The molecule has 0 amide bonds. The van der Waals surface area contributed by atoms with Gasteiger partial charge in [0.15, 0.2) is 0 Å². The molecule has 0 aromatic heterocycles. The van der Waals surface area contributed by atoms with Crippen LogP contribution in [-0.4, -0.2) is 6.61 Å². The summed E-state index contributed by atoms with van der Waals surface area (Å²) in [7, 11) is 0. The first kappa shape index (κ1) is 11.1. The van der Waals surface area contributed by atoms with Crippen LogP contribution in [0.3, 0.4) is 0 Å². The molecule has 0 spiro atoms. The zero-order valence-corrected chi connectivity index (χ0v) is 9.34. The van der Waals surface area contributed by atoms with Crippen molar-refractivity contribution in [1.82, 2.24) is 0 Å². The summed E-state index contributed by atoms with van der Waals surface area (Å²) < 4.78 is 5.40. The largest absolute Gasteiger partial charge is 0.494 e. The van der Waals surface area contributed by atoms with Gasteiger partial charge in [0, 0.05) is 5.02 Å². The van der Waals surface area contributed by atoms with Gasteiger partial charge in [-0.3, -0.25) is 0 Å². The van der Waals surface area contributed by atoms with Gasteiger partial charge in [0.2, 0.25) is 0 Å². The molecule has 1 rings (SSSR count). The molecule has 0 radical (unpaired) electrons. The van der Waals surface area contributed by atoms with Gasteiger partial charge in [-0.1, -0.05) is 24.6 Å². The van der Waals surface area contributed by atoms with Crippen LogP contribution in [0.15, 0.2) is 30.9 Å². The van der Waals surface area contributed by atoms with Crippen LogP contribution in [0.2, 0.25) is 5.02 Å². The molecule has 14 heavy (non-hydrogen) atoms. The van der Waals surface area contributed by atoms with Crippen molar-refractivity contribution in [2.24, 2.45) is 0 Å². The monoisotopic (exact) mass is 210 g/mol. The first-order valence-corrected chi connectivity index (χ1v) is 5.11. The molecule has 1 nitrogen and oxygen atoms in total. The Bertz CT molecular complexity index is 320. The molecular weight excluding hydrogens is 196 g/mol. The first-order chi connectivity index (χ1) is 6.67. The average molecular weight is 211 g/mol. The lowest BCUT2D eigenvalue weighted by Gasteiger charge is -2.10. The van der Waals surface area contributed by atoms with Gasteiger partial charge < -0.3 is 4.74 Å². The Morgan fingerprint density at radius 1 is 1.50 bits per heavy atom.